The molecule has 0 aromatic heterocycles. The van der Waals surface area contributed by atoms with E-state index in [2.05, 4.69) is 13.5 Å². The molecule has 0 aliphatic carbocycles. The SMILES string of the molecule is C=C(CC)C(=O)OC(CC)CCC. The third-order valence-corrected chi connectivity index (χ3v) is 2.06. The molecule has 2 heteroatoms. The van der Waals surface area contributed by atoms with Crippen molar-refractivity contribution in [2.24, 2.45) is 0 Å². The Balaban J connectivity index is 3.93. The summed E-state index contributed by atoms with van der Waals surface area (Å²) in [5.74, 6) is -0.234. The van der Waals surface area contributed by atoms with Gasteiger partial charge in [-0.05, 0) is 19.3 Å². The molecule has 0 saturated carbocycles. The molecular formula is C11H20O2. The molecule has 0 aliphatic heterocycles. The van der Waals surface area contributed by atoms with Gasteiger partial charge in [0.15, 0.2) is 0 Å². The predicted octanol–water partition coefficient (Wildman–Crippen LogP) is 3.07. The normalized spacial score (nSPS) is 12.2. The van der Waals surface area contributed by atoms with E-state index in [4.69, 9.17) is 4.74 Å². The summed E-state index contributed by atoms with van der Waals surface area (Å²) in [4.78, 5) is 11.3. The van der Waals surface area contributed by atoms with Gasteiger partial charge in [0.25, 0.3) is 0 Å². The van der Waals surface area contributed by atoms with E-state index < -0.39 is 0 Å². The molecule has 0 bridgehead atoms. The molecule has 0 rings (SSSR count). The Morgan fingerprint density at radius 1 is 1.38 bits per heavy atom. The quantitative estimate of drug-likeness (QED) is 0.468. The smallest absolute Gasteiger partial charge is 0.333 e. The highest BCUT2D eigenvalue weighted by atomic mass is 16.5. The Hall–Kier alpha value is -0.790. The van der Waals surface area contributed by atoms with Crippen molar-refractivity contribution in [1.82, 2.24) is 0 Å². The van der Waals surface area contributed by atoms with Gasteiger partial charge in [0.05, 0.1) is 0 Å². The molecule has 0 spiro atoms. The molecule has 0 aliphatic rings. The summed E-state index contributed by atoms with van der Waals surface area (Å²) in [6, 6.07) is 0. The molecule has 2 nitrogen and oxygen atoms in total. The maximum Gasteiger partial charge on any atom is 0.333 e. The Bertz CT molecular complexity index is 173. The minimum atomic E-state index is -0.234. The van der Waals surface area contributed by atoms with Crippen LogP contribution in [-0.4, -0.2) is 12.1 Å². The lowest BCUT2D eigenvalue weighted by Crippen LogP contribution is -2.18. The van der Waals surface area contributed by atoms with E-state index >= 15 is 0 Å². The van der Waals surface area contributed by atoms with Crippen LogP contribution in [0.25, 0.3) is 0 Å². The van der Waals surface area contributed by atoms with Crippen LogP contribution in [0.1, 0.15) is 46.5 Å². The molecule has 0 aromatic rings. The van der Waals surface area contributed by atoms with Gasteiger partial charge in [-0.2, -0.15) is 0 Å². The highest BCUT2D eigenvalue weighted by molar-refractivity contribution is 5.87. The molecule has 0 aromatic carbocycles. The third kappa shape index (κ3) is 4.71. The van der Waals surface area contributed by atoms with Crippen molar-refractivity contribution < 1.29 is 9.53 Å². The van der Waals surface area contributed by atoms with Crippen LogP contribution in [0.15, 0.2) is 12.2 Å². The fourth-order valence-corrected chi connectivity index (χ4v) is 1.05. The summed E-state index contributed by atoms with van der Waals surface area (Å²) in [6.45, 7) is 9.67. The lowest BCUT2D eigenvalue weighted by atomic mass is 10.1. The van der Waals surface area contributed by atoms with Crippen LogP contribution in [0.2, 0.25) is 0 Å². The average Bonchev–Trinajstić information content (AvgIpc) is 2.15. The molecule has 13 heavy (non-hydrogen) atoms. The second-order valence-corrected chi connectivity index (χ2v) is 3.18. The Morgan fingerprint density at radius 2 is 2.00 bits per heavy atom. The van der Waals surface area contributed by atoms with Crippen LogP contribution in [0, 0.1) is 0 Å². The highest BCUT2D eigenvalue weighted by Gasteiger charge is 2.12. The molecule has 0 saturated heterocycles. The zero-order valence-corrected chi connectivity index (χ0v) is 8.93. The monoisotopic (exact) mass is 184 g/mol. The van der Waals surface area contributed by atoms with E-state index in [0.717, 1.165) is 19.3 Å². The van der Waals surface area contributed by atoms with Gasteiger partial charge in [0.2, 0.25) is 0 Å². The van der Waals surface area contributed by atoms with E-state index in [0.29, 0.717) is 12.0 Å². The molecule has 1 unspecified atom stereocenters. The lowest BCUT2D eigenvalue weighted by molar-refractivity contribution is -0.144. The van der Waals surface area contributed by atoms with Gasteiger partial charge in [-0.25, -0.2) is 4.79 Å². The molecule has 1 atom stereocenters. The third-order valence-electron chi connectivity index (χ3n) is 2.06. The number of carbonyl (C=O) groups excluding carboxylic acids is 1. The molecule has 0 amide bonds. The summed E-state index contributed by atoms with van der Waals surface area (Å²) in [5.41, 5.74) is 0.564. The Kier molecular flexibility index (Phi) is 6.29. The van der Waals surface area contributed by atoms with E-state index in [1.165, 1.54) is 0 Å². The second-order valence-electron chi connectivity index (χ2n) is 3.18. The van der Waals surface area contributed by atoms with Crippen LogP contribution in [0.5, 0.6) is 0 Å². The number of ether oxygens (including phenoxy) is 1. The number of carbonyl (C=O) groups is 1. The molecule has 0 heterocycles. The van der Waals surface area contributed by atoms with Gasteiger partial charge < -0.3 is 4.74 Å². The lowest BCUT2D eigenvalue weighted by Gasteiger charge is -2.15. The maximum absolute atomic E-state index is 11.3. The molecule has 76 valence electrons. The highest BCUT2D eigenvalue weighted by Crippen LogP contribution is 2.10. The van der Waals surface area contributed by atoms with Crippen molar-refractivity contribution in [2.75, 3.05) is 0 Å². The average molecular weight is 184 g/mol. The number of rotatable bonds is 6. The van der Waals surface area contributed by atoms with Crippen molar-refractivity contribution >= 4 is 5.97 Å². The van der Waals surface area contributed by atoms with Gasteiger partial charge in [-0.15, -0.1) is 0 Å². The van der Waals surface area contributed by atoms with Crippen molar-refractivity contribution in [3.63, 3.8) is 0 Å². The van der Waals surface area contributed by atoms with Gasteiger partial charge in [0.1, 0.15) is 6.10 Å². The first-order valence-electron chi connectivity index (χ1n) is 5.04. The van der Waals surface area contributed by atoms with E-state index in [-0.39, 0.29) is 12.1 Å². The maximum atomic E-state index is 11.3. The van der Waals surface area contributed by atoms with Gasteiger partial charge in [0, 0.05) is 5.57 Å². The summed E-state index contributed by atoms with van der Waals surface area (Å²) >= 11 is 0. The summed E-state index contributed by atoms with van der Waals surface area (Å²) in [6.07, 6.45) is 3.61. The summed E-state index contributed by atoms with van der Waals surface area (Å²) in [5, 5.41) is 0. The van der Waals surface area contributed by atoms with Crippen LogP contribution in [0.4, 0.5) is 0 Å². The summed E-state index contributed by atoms with van der Waals surface area (Å²) < 4.78 is 5.25. The van der Waals surface area contributed by atoms with Crippen molar-refractivity contribution in [3.05, 3.63) is 12.2 Å². The molecule has 0 radical (unpaired) electrons. The number of hydrogen-bond donors (Lipinski definition) is 0. The van der Waals surface area contributed by atoms with Gasteiger partial charge in [-0.1, -0.05) is 33.8 Å². The van der Waals surface area contributed by atoms with Crippen molar-refractivity contribution in [2.45, 2.75) is 52.6 Å². The minimum absolute atomic E-state index is 0.0702. The van der Waals surface area contributed by atoms with Gasteiger partial charge >= 0.3 is 5.97 Å². The summed E-state index contributed by atoms with van der Waals surface area (Å²) in [7, 11) is 0. The molecular weight excluding hydrogens is 164 g/mol. The fraction of sp³-hybridized carbons (Fsp3) is 0.727. The first-order valence-corrected chi connectivity index (χ1v) is 5.04. The zero-order chi connectivity index (χ0) is 10.3. The number of hydrogen-bond acceptors (Lipinski definition) is 2. The van der Waals surface area contributed by atoms with E-state index in [9.17, 15) is 4.79 Å². The molecule has 0 fully saturated rings. The van der Waals surface area contributed by atoms with E-state index in [1.807, 2.05) is 13.8 Å². The first kappa shape index (κ1) is 12.2. The standard InChI is InChI=1S/C11H20O2/c1-5-8-10(7-3)13-11(12)9(4)6-2/h10H,4-8H2,1-3H3. The fourth-order valence-electron chi connectivity index (χ4n) is 1.05. The van der Waals surface area contributed by atoms with Crippen molar-refractivity contribution in [3.8, 4) is 0 Å². The first-order chi connectivity index (χ1) is 6.15. The second kappa shape index (κ2) is 6.70. The van der Waals surface area contributed by atoms with Crippen LogP contribution < -0.4 is 0 Å². The van der Waals surface area contributed by atoms with Crippen LogP contribution >= 0.6 is 0 Å². The largest absolute Gasteiger partial charge is 0.459 e. The topological polar surface area (TPSA) is 26.3 Å². The van der Waals surface area contributed by atoms with Crippen molar-refractivity contribution in [1.29, 1.82) is 0 Å². The van der Waals surface area contributed by atoms with Crippen LogP contribution in [0.3, 0.4) is 0 Å². The van der Waals surface area contributed by atoms with Crippen LogP contribution in [-0.2, 0) is 9.53 Å². The Morgan fingerprint density at radius 3 is 2.38 bits per heavy atom. The van der Waals surface area contributed by atoms with Gasteiger partial charge in [-0.3, -0.25) is 0 Å². The number of esters is 1. The zero-order valence-electron chi connectivity index (χ0n) is 8.93. The van der Waals surface area contributed by atoms with E-state index in [1.54, 1.807) is 0 Å². The predicted molar refractivity (Wildman–Crippen MR) is 54.5 cm³/mol. The minimum Gasteiger partial charge on any atom is -0.459 e. The molecule has 0 N–H and O–H groups in total. The Labute approximate surface area is 81.0 Å².